The monoisotopic (exact) mass is 433 g/mol. The molecule has 0 bridgehead atoms. The first-order valence-electron chi connectivity index (χ1n) is 7.79. The fourth-order valence-corrected chi connectivity index (χ4v) is 2.18. The lowest BCUT2D eigenvalue weighted by Crippen LogP contribution is -1.99. The Balaban J connectivity index is 0.000000190. The molecule has 0 saturated heterocycles. The van der Waals surface area contributed by atoms with E-state index in [-0.39, 0.29) is 16.5 Å². The number of hydrogen-bond acceptors (Lipinski definition) is 7. The first-order valence-corrected chi connectivity index (χ1v) is 8.92. The number of hydrogen-bond donors (Lipinski definition) is 1. The number of pyridine rings is 1. The van der Waals surface area contributed by atoms with E-state index in [1.807, 2.05) is 30.3 Å². The van der Waals surface area contributed by atoms with E-state index in [1.165, 1.54) is 0 Å². The fraction of sp³-hybridized carbons (Fsp3) is 0. The highest BCUT2D eigenvalue weighted by Gasteiger charge is 2.05. The summed E-state index contributed by atoms with van der Waals surface area (Å²) in [6.07, 6.45) is 10.1. The van der Waals surface area contributed by atoms with Crippen LogP contribution in [0.25, 0.3) is 0 Å². The quantitative estimate of drug-likeness (QED) is 0.467. The standard InChI is InChI=1S/C9H5Cl3N4.C5H5N.C4H4N2/c10-5-3-1-2-4-6(5)13-9-15-7(11)14-8(12)16-9;1-2-4-6-5-3-1;1-2-6-4-3-5-1/h1-4H,(H,13,14,15,16);1-5H;1-4H. The molecule has 0 spiro atoms. The van der Waals surface area contributed by atoms with Crippen molar-refractivity contribution in [3.8, 4) is 0 Å². The molecule has 0 amide bonds. The number of para-hydroxylation sites is 1. The van der Waals surface area contributed by atoms with Crippen LogP contribution in [0.15, 0.2) is 79.6 Å². The van der Waals surface area contributed by atoms with Crippen molar-refractivity contribution in [3.05, 3.63) is 95.2 Å². The number of halogens is 3. The molecule has 0 atom stereocenters. The molecular weight excluding hydrogens is 421 g/mol. The molecule has 0 saturated carbocycles. The Kier molecular flexibility index (Phi) is 9.57. The van der Waals surface area contributed by atoms with Gasteiger partial charge >= 0.3 is 0 Å². The van der Waals surface area contributed by atoms with Crippen LogP contribution in [0.2, 0.25) is 15.6 Å². The topological polar surface area (TPSA) is 89.4 Å². The maximum Gasteiger partial charge on any atom is 0.232 e. The normalized spacial score (nSPS) is 9.25. The van der Waals surface area contributed by atoms with Crippen LogP contribution in [0.5, 0.6) is 0 Å². The van der Waals surface area contributed by atoms with Crippen LogP contribution in [-0.2, 0) is 0 Å². The molecule has 1 N–H and O–H groups in total. The molecule has 0 aliphatic carbocycles. The van der Waals surface area contributed by atoms with E-state index in [4.69, 9.17) is 34.8 Å². The molecule has 28 heavy (non-hydrogen) atoms. The molecule has 0 aliphatic heterocycles. The van der Waals surface area contributed by atoms with Gasteiger partial charge in [-0.1, -0.05) is 29.8 Å². The van der Waals surface area contributed by atoms with Crippen molar-refractivity contribution in [1.29, 1.82) is 0 Å². The van der Waals surface area contributed by atoms with Gasteiger partial charge in [-0.15, -0.1) is 0 Å². The van der Waals surface area contributed by atoms with Crippen LogP contribution in [-0.4, -0.2) is 29.9 Å². The van der Waals surface area contributed by atoms with Crippen molar-refractivity contribution < 1.29 is 0 Å². The molecule has 4 rings (SSSR count). The zero-order valence-electron chi connectivity index (χ0n) is 14.3. The van der Waals surface area contributed by atoms with Gasteiger partial charge in [0.05, 0.1) is 10.7 Å². The Morgan fingerprint density at radius 3 is 1.54 bits per heavy atom. The zero-order chi connectivity index (χ0) is 20.0. The van der Waals surface area contributed by atoms with Gasteiger partial charge in [-0.2, -0.15) is 15.0 Å². The number of rotatable bonds is 2. The molecule has 0 unspecified atom stereocenters. The second-order valence-corrected chi connectivity index (χ2v) is 5.80. The van der Waals surface area contributed by atoms with Crippen molar-refractivity contribution in [2.45, 2.75) is 0 Å². The Hall–Kier alpha value is -2.87. The van der Waals surface area contributed by atoms with E-state index in [0.717, 1.165) is 0 Å². The van der Waals surface area contributed by atoms with Gasteiger partial charge in [0.15, 0.2) is 0 Å². The first-order chi connectivity index (χ1) is 13.6. The molecule has 1 aromatic carbocycles. The SMILES string of the molecule is Clc1nc(Cl)nc(Nc2ccccc2Cl)n1.c1ccncc1.c1cnccn1. The van der Waals surface area contributed by atoms with Crippen LogP contribution in [0.4, 0.5) is 11.6 Å². The van der Waals surface area contributed by atoms with E-state index >= 15 is 0 Å². The minimum Gasteiger partial charge on any atom is -0.323 e. The van der Waals surface area contributed by atoms with Gasteiger partial charge in [-0.05, 0) is 47.5 Å². The van der Waals surface area contributed by atoms with Crippen molar-refractivity contribution in [2.75, 3.05) is 5.32 Å². The summed E-state index contributed by atoms with van der Waals surface area (Å²) in [7, 11) is 0. The van der Waals surface area contributed by atoms with Crippen LogP contribution in [0, 0.1) is 0 Å². The van der Waals surface area contributed by atoms with Gasteiger partial charge in [0.1, 0.15) is 0 Å². The second kappa shape index (κ2) is 12.5. The molecule has 0 aliphatic rings. The predicted octanol–water partition coefficient (Wildman–Crippen LogP) is 5.13. The zero-order valence-corrected chi connectivity index (χ0v) is 16.6. The van der Waals surface area contributed by atoms with Crippen LogP contribution in [0.3, 0.4) is 0 Å². The van der Waals surface area contributed by atoms with E-state index in [2.05, 4.69) is 35.2 Å². The lowest BCUT2D eigenvalue weighted by atomic mass is 10.3. The average Bonchev–Trinajstić information content (AvgIpc) is 2.73. The Labute approximate surface area is 176 Å². The van der Waals surface area contributed by atoms with Crippen molar-refractivity contribution >= 4 is 46.4 Å². The van der Waals surface area contributed by atoms with Crippen LogP contribution >= 0.6 is 34.8 Å². The molecule has 4 aromatic rings. The summed E-state index contributed by atoms with van der Waals surface area (Å²) in [4.78, 5) is 22.6. The lowest BCUT2D eigenvalue weighted by Gasteiger charge is -2.06. The highest BCUT2D eigenvalue weighted by atomic mass is 35.5. The average molecular weight is 435 g/mol. The van der Waals surface area contributed by atoms with Gasteiger partial charge in [-0.3, -0.25) is 15.0 Å². The number of benzene rings is 1. The van der Waals surface area contributed by atoms with Gasteiger partial charge < -0.3 is 5.32 Å². The van der Waals surface area contributed by atoms with Crippen molar-refractivity contribution in [1.82, 2.24) is 29.9 Å². The third-order valence-electron chi connectivity index (χ3n) is 2.75. The van der Waals surface area contributed by atoms with Gasteiger partial charge in [0.2, 0.25) is 16.5 Å². The summed E-state index contributed by atoms with van der Waals surface area (Å²) in [5.74, 6) is 0.248. The smallest absolute Gasteiger partial charge is 0.232 e. The van der Waals surface area contributed by atoms with E-state index in [9.17, 15) is 0 Å². The molecule has 0 fully saturated rings. The van der Waals surface area contributed by atoms with Crippen LogP contribution in [0.1, 0.15) is 0 Å². The highest BCUT2D eigenvalue weighted by Crippen LogP contribution is 2.23. The Morgan fingerprint density at radius 1 is 0.571 bits per heavy atom. The number of nitrogens with one attached hydrogen (secondary N) is 1. The molecule has 3 heterocycles. The third-order valence-corrected chi connectivity index (χ3v) is 3.41. The maximum absolute atomic E-state index is 5.95. The Morgan fingerprint density at radius 2 is 1.11 bits per heavy atom. The fourth-order valence-electron chi connectivity index (χ4n) is 1.63. The molecule has 10 heteroatoms. The van der Waals surface area contributed by atoms with E-state index in [0.29, 0.717) is 10.7 Å². The summed E-state index contributed by atoms with van der Waals surface area (Å²) in [5.41, 5.74) is 0.669. The van der Waals surface area contributed by atoms with E-state index in [1.54, 1.807) is 49.3 Å². The summed E-state index contributed by atoms with van der Waals surface area (Å²) in [6, 6.07) is 12.9. The summed E-state index contributed by atoms with van der Waals surface area (Å²) in [5, 5.41) is 3.49. The van der Waals surface area contributed by atoms with Crippen LogP contribution < -0.4 is 5.32 Å². The number of nitrogens with zero attached hydrogens (tertiary/aromatic N) is 6. The largest absolute Gasteiger partial charge is 0.323 e. The van der Waals surface area contributed by atoms with Gasteiger partial charge in [0, 0.05) is 37.2 Å². The predicted molar refractivity (Wildman–Crippen MR) is 111 cm³/mol. The summed E-state index contributed by atoms with van der Waals surface area (Å²) in [6.45, 7) is 0. The molecule has 3 aromatic heterocycles. The van der Waals surface area contributed by atoms with Crippen molar-refractivity contribution in [3.63, 3.8) is 0 Å². The summed E-state index contributed by atoms with van der Waals surface area (Å²) < 4.78 is 0. The lowest BCUT2D eigenvalue weighted by molar-refractivity contribution is 1.05. The highest BCUT2D eigenvalue weighted by molar-refractivity contribution is 6.33. The molecule has 7 nitrogen and oxygen atoms in total. The first kappa shape index (κ1) is 21.4. The summed E-state index contributed by atoms with van der Waals surface area (Å²) >= 11 is 17.2. The molecule has 142 valence electrons. The third kappa shape index (κ3) is 8.68. The molecular formula is C18H14Cl3N7. The number of anilines is 2. The second-order valence-electron chi connectivity index (χ2n) is 4.72. The minimum atomic E-state index is 0.0227. The maximum atomic E-state index is 5.95. The van der Waals surface area contributed by atoms with Crippen molar-refractivity contribution in [2.24, 2.45) is 0 Å². The van der Waals surface area contributed by atoms with Gasteiger partial charge in [0.25, 0.3) is 0 Å². The molecule has 0 radical (unpaired) electrons. The number of aromatic nitrogens is 6. The van der Waals surface area contributed by atoms with E-state index < -0.39 is 0 Å². The Bertz CT molecular complexity index is 839. The van der Waals surface area contributed by atoms with Gasteiger partial charge in [-0.25, -0.2) is 0 Å². The minimum absolute atomic E-state index is 0.0227.